The number of aliphatic hydroxyl groups excluding tert-OH is 1. The molecule has 2 unspecified atom stereocenters. The van der Waals surface area contributed by atoms with Gasteiger partial charge in [-0.1, -0.05) is 17.7 Å². The zero-order valence-electron chi connectivity index (χ0n) is 10.3. The summed E-state index contributed by atoms with van der Waals surface area (Å²) in [6, 6.07) is 4.14. The first-order chi connectivity index (χ1) is 8.63. The van der Waals surface area contributed by atoms with E-state index in [0.29, 0.717) is 18.1 Å². The van der Waals surface area contributed by atoms with Gasteiger partial charge in [0.1, 0.15) is 5.82 Å². The molecule has 18 heavy (non-hydrogen) atoms. The van der Waals surface area contributed by atoms with Crippen molar-refractivity contribution in [3.05, 3.63) is 34.6 Å². The Balaban J connectivity index is 2.22. The van der Waals surface area contributed by atoms with Crippen molar-refractivity contribution >= 4 is 11.6 Å². The number of methoxy groups -OCH3 is 1. The van der Waals surface area contributed by atoms with E-state index in [4.69, 9.17) is 16.3 Å². The Kier molecular flexibility index (Phi) is 4.56. The van der Waals surface area contributed by atoms with Gasteiger partial charge >= 0.3 is 0 Å². The third-order valence-corrected chi connectivity index (χ3v) is 3.66. The van der Waals surface area contributed by atoms with E-state index in [2.05, 4.69) is 4.90 Å². The Bertz CT molecular complexity index is 416. The molecule has 3 nitrogen and oxygen atoms in total. The number of ether oxygens (including phenoxy) is 1. The van der Waals surface area contributed by atoms with Crippen LogP contribution in [-0.4, -0.2) is 42.9 Å². The van der Waals surface area contributed by atoms with Crippen LogP contribution in [0.15, 0.2) is 18.2 Å². The number of hydrogen-bond acceptors (Lipinski definition) is 3. The maximum atomic E-state index is 13.1. The number of benzene rings is 1. The van der Waals surface area contributed by atoms with Crippen LogP contribution in [0.1, 0.15) is 18.0 Å². The number of rotatable bonds is 4. The average Bonchev–Trinajstić information content (AvgIpc) is 2.68. The van der Waals surface area contributed by atoms with E-state index < -0.39 is 6.10 Å². The molecule has 100 valence electrons. The quantitative estimate of drug-likeness (QED) is 0.913. The minimum Gasteiger partial charge on any atom is -0.391 e. The maximum absolute atomic E-state index is 13.1. The van der Waals surface area contributed by atoms with Gasteiger partial charge in [-0.3, -0.25) is 4.90 Å². The SMILES string of the molecule is COCCN1CCC(O)C1c1ccc(F)cc1Cl. The van der Waals surface area contributed by atoms with Crippen LogP contribution in [0, 0.1) is 5.82 Å². The standard InChI is InChI=1S/C13H17ClFNO2/c1-18-7-6-16-5-4-12(17)13(16)10-3-2-9(15)8-11(10)14/h2-3,8,12-13,17H,4-7H2,1H3. The van der Waals surface area contributed by atoms with Gasteiger partial charge < -0.3 is 9.84 Å². The number of hydrogen-bond donors (Lipinski definition) is 1. The summed E-state index contributed by atoms with van der Waals surface area (Å²) in [5.74, 6) is -0.361. The fourth-order valence-corrected chi connectivity index (χ4v) is 2.72. The first kappa shape index (κ1) is 13.7. The van der Waals surface area contributed by atoms with Gasteiger partial charge in [0, 0.05) is 25.2 Å². The van der Waals surface area contributed by atoms with Crippen molar-refractivity contribution in [2.45, 2.75) is 18.6 Å². The van der Waals surface area contributed by atoms with Crippen molar-refractivity contribution in [1.29, 1.82) is 0 Å². The molecule has 0 saturated carbocycles. The van der Waals surface area contributed by atoms with Crippen LogP contribution in [0.2, 0.25) is 5.02 Å². The van der Waals surface area contributed by atoms with Gasteiger partial charge in [-0.2, -0.15) is 0 Å². The highest BCUT2D eigenvalue weighted by atomic mass is 35.5. The molecule has 1 N–H and O–H groups in total. The molecule has 1 aromatic rings. The lowest BCUT2D eigenvalue weighted by molar-refractivity contribution is 0.0935. The highest BCUT2D eigenvalue weighted by molar-refractivity contribution is 6.31. The maximum Gasteiger partial charge on any atom is 0.124 e. The molecule has 0 aliphatic carbocycles. The van der Waals surface area contributed by atoms with Crippen LogP contribution in [0.25, 0.3) is 0 Å². The molecule has 0 bridgehead atoms. The normalized spacial score (nSPS) is 24.7. The summed E-state index contributed by atoms with van der Waals surface area (Å²) in [6.07, 6.45) is 0.229. The minimum atomic E-state index is -0.468. The zero-order chi connectivity index (χ0) is 13.1. The predicted molar refractivity (Wildman–Crippen MR) is 68.2 cm³/mol. The Morgan fingerprint density at radius 2 is 2.33 bits per heavy atom. The van der Waals surface area contributed by atoms with Gasteiger partial charge in [-0.25, -0.2) is 4.39 Å². The van der Waals surface area contributed by atoms with Crippen LogP contribution in [0.4, 0.5) is 4.39 Å². The Labute approximate surface area is 111 Å². The van der Waals surface area contributed by atoms with E-state index >= 15 is 0 Å². The van der Waals surface area contributed by atoms with Crippen molar-refractivity contribution in [1.82, 2.24) is 4.90 Å². The molecule has 0 radical (unpaired) electrons. The number of nitrogens with zero attached hydrogens (tertiary/aromatic N) is 1. The van der Waals surface area contributed by atoms with E-state index in [1.807, 2.05) is 0 Å². The molecular formula is C13H17ClFNO2. The molecule has 0 spiro atoms. The summed E-state index contributed by atoms with van der Waals surface area (Å²) in [5, 5.41) is 10.4. The Hall–Kier alpha value is -0.680. The van der Waals surface area contributed by atoms with Crippen LogP contribution in [-0.2, 0) is 4.74 Å². The van der Waals surface area contributed by atoms with Crippen molar-refractivity contribution in [2.24, 2.45) is 0 Å². The number of likely N-dealkylation sites (tertiary alicyclic amines) is 1. The fraction of sp³-hybridized carbons (Fsp3) is 0.538. The van der Waals surface area contributed by atoms with Crippen LogP contribution in [0.5, 0.6) is 0 Å². The molecule has 2 rings (SSSR count). The van der Waals surface area contributed by atoms with E-state index in [1.165, 1.54) is 12.1 Å². The third-order valence-electron chi connectivity index (χ3n) is 3.33. The summed E-state index contributed by atoms with van der Waals surface area (Å²) in [6.45, 7) is 2.12. The smallest absolute Gasteiger partial charge is 0.124 e. The Morgan fingerprint density at radius 1 is 1.56 bits per heavy atom. The first-order valence-corrected chi connectivity index (χ1v) is 6.37. The van der Waals surface area contributed by atoms with Gasteiger partial charge in [-0.15, -0.1) is 0 Å². The van der Waals surface area contributed by atoms with Crippen LogP contribution >= 0.6 is 11.6 Å². The van der Waals surface area contributed by atoms with Gasteiger partial charge in [0.15, 0.2) is 0 Å². The number of halogens is 2. The van der Waals surface area contributed by atoms with E-state index in [0.717, 1.165) is 18.7 Å². The molecular weight excluding hydrogens is 257 g/mol. The molecule has 1 fully saturated rings. The predicted octanol–water partition coefficient (Wildman–Crippen LogP) is 2.23. The lowest BCUT2D eigenvalue weighted by atomic mass is 10.0. The average molecular weight is 274 g/mol. The molecule has 1 aliphatic rings. The van der Waals surface area contributed by atoms with E-state index in [1.54, 1.807) is 13.2 Å². The minimum absolute atomic E-state index is 0.173. The first-order valence-electron chi connectivity index (χ1n) is 5.99. The summed E-state index contributed by atoms with van der Waals surface area (Å²) >= 11 is 6.07. The molecule has 0 amide bonds. The van der Waals surface area contributed by atoms with Crippen molar-refractivity contribution in [3.8, 4) is 0 Å². The molecule has 2 atom stereocenters. The van der Waals surface area contributed by atoms with Crippen molar-refractivity contribution in [3.63, 3.8) is 0 Å². The van der Waals surface area contributed by atoms with Gasteiger partial charge in [0.2, 0.25) is 0 Å². The second kappa shape index (κ2) is 5.97. The summed E-state index contributed by atoms with van der Waals surface area (Å²) in [7, 11) is 1.65. The molecule has 1 aliphatic heterocycles. The fourth-order valence-electron chi connectivity index (χ4n) is 2.44. The van der Waals surface area contributed by atoms with Gasteiger partial charge in [0.25, 0.3) is 0 Å². The van der Waals surface area contributed by atoms with E-state index in [-0.39, 0.29) is 11.9 Å². The van der Waals surface area contributed by atoms with Crippen LogP contribution in [0.3, 0.4) is 0 Å². The summed E-state index contributed by atoms with van der Waals surface area (Å²) in [4.78, 5) is 2.12. The molecule has 0 aromatic heterocycles. The van der Waals surface area contributed by atoms with Crippen molar-refractivity contribution < 1.29 is 14.2 Å². The lowest BCUT2D eigenvalue weighted by Gasteiger charge is -2.27. The van der Waals surface area contributed by atoms with Crippen molar-refractivity contribution in [2.75, 3.05) is 26.8 Å². The third kappa shape index (κ3) is 2.83. The second-order valence-corrected chi connectivity index (χ2v) is 4.90. The molecule has 1 heterocycles. The van der Waals surface area contributed by atoms with Gasteiger partial charge in [0.05, 0.1) is 18.8 Å². The monoisotopic (exact) mass is 273 g/mol. The molecule has 5 heteroatoms. The van der Waals surface area contributed by atoms with E-state index in [9.17, 15) is 9.50 Å². The summed E-state index contributed by atoms with van der Waals surface area (Å²) < 4.78 is 18.1. The van der Waals surface area contributed by atoms with Crippen LogP contribution < -0.4 is 0 Å². The number of aliphatic hydroxyl groups is 1. The topological polar surface area (TPSA) is 32.7 Å². The second-order valence-electron chi connectivity index (χ2n) is 4.50. The highest BCUT2D eigenvalue weighted by Crippen LogP contribution is 2.36. The summed E-state index contributed by atoms with van der Waals surface area (Å²) in [5.41, 5.74) is 0.777. The Morgan fingerprint density at radius 3 is 3.00 bits per heavy atom. The molecule has 1 aromatic carbocycles. The largest absolute Gasteiger partial charge is 0.391 e. The highest BCUT2D eigenvalue weighted by Gasteiger charge is 2.34. The lowest BCUT2D eigenvalue weighted by Crippen LogP contribution is -2.30. The van der Waals surface area contributed by atoms with Gasteiger partial charge in [-0.05, 0) is 24.1 Å². The zero-order valence-corrected chi connectivity index (χ0v) is 11.0. The molecule has 1 saturated heterocycles.